The number of nitrogens with two attached hydrogens (primary N) is 1. The van der Waals surface area contributed by atoms with Crippen molar-refractivity contribution in [2.75, 3.05) is 6.61 Å². The van der Waals surface area contributed by atoms with Gasteiger partial charge in [-0.2, -0.15) is 5.10 Å². The quantitative estimate of drug-likeness (QED) is 0.618. The Morgan fingerprint density at radius 2 is 1.90 bits per heavy atom. The van der Waals surface area contributed by atoms with Crippen molar-refractivity contribution in [1.29, 1.82) is 0 Å². The molecule has 0 saturated carbocycles. The maximum absolute atomic E-state index is 13.5. The molecule has 0 saturated heterocycles. The number of carbonyl (C=O) groups excluding carboxylic acids is 1. The van der Waals surface area contributed by atoms with Crippen molar-refractivity contribution in [3.05, 3.63) is 83.4 Å². The molecule has 2 aromatic carbocycles. The molecule has 8 heteroatoms. The molecule has 7 nitrogen and oxygen atoms in total. The molecule has 0 radical (unpaired) electrons. The lowest BCUT2D eigenvalue weighted by Gasteiger charge is -2.24. The Morgan fingerprint density at radius 1 is 1.19 bits per heavy atom. The molecular formula is C23H22FN5O2. The first-order valence-electron chi connectivity index (χ1n) is 9.87. The molecule has 0 unspecified atom stereocenters. The maximum atomic E-state index is 13.5. The number of nitrogens with zero attached hydrogens (tertiary/aromatic N) is 3. The van der Waals surface area contributed by atoms with Crippen LogP contribution in [0.2, 0.25) is 0 Å². The largest absolute Gasteiger partial charge is 0.463 e. The number of hydrogen-bond donors (Lipinski definition) is 2. The van der Waals surface area contributed by atoms with Gasteiger partial charge in [0.2, 0.25) is 0 Å². The van der Waals surface area contributed by atoms with Gasteiger partial charge in [-0.25, -0.2) is 18.9 Å². The van der Waals surface area contributed by atoms with Gasteiger partial charge in [0.05, 0.1) is 23.6 Å². The molecule has 1 aromatic heterocycles. The fourth-order valence-electron chi connectivity index (χ4n) is 3.53. The molecule has 0 fully saturated rings. The molecule has 4 rings (SSSR count). The van der Waals surface area contributed by atoms with E-state index in [9.17, 15) is 9.18 Å². The van der Waals surface area contributed by atoms with E-state index in [0.717, 1.165) is 5.69 Å². The fourth-order valence-corrected chi connectivity index (χ4v) is 3.53. The van der Waals surface area contributed by atoms with E-state index in [1.165, 1.54) is 12.1 Å². The van der Waals surface area contributed by atoms with E-state index in [-0.39, 0.29) is 18.4 Å². The van der Waals surface area contributed by atoms with E-state index in [1.54, 1.807) is 30.7 Å². The van der Waals surface area contributed by atoms with Gasteiger partial charge < -0.3 is 15.8 Å². The van der Waals surface area contributed by atoms with Gasteiger partial charge in [0, 0.05) is 23.0 Å². The number of benzene rings is 2. The Labute approximate surface area is 179 Å². The van der Waals surface area contributed by atoms with Crippen molar-refractivity contribution in [3.63, 3.8) is 0 Å². The lowest BCUT2D eigenvalue weighted by molar-refractivity contribution is -0.138. The number of halogens is 1. The van der Waals surface area contributed by atoms with Crippen LogP contribution < -0.4 is 11.1 Å². The van der Waals surface area contributed by atoms with Gasteiger partial charge in [-0.15, -0.1) is 0 Å². The molecule has 31 heavy (non-hydrogen) atoms. The molecule has 0 aliphatic carbocycles. The second-order valence-corrected chi connectivity index (χ2v) is 7.02. The van der Waals surface area contributed by atoms with Gasteiger partial charge in [0.1, 0.15) is 11.9 Å². The molecule has 0 bridgehead atoms. The molecule has 1 aliphatic rings. The van der Waals surface area contributed by atoms with Crippen LogP contribution in [-0.2, 0) is 9.53 Å². The highest BCUT2D eigenvalue weighted by Crippen LogP contribution is 2.37. The zero-order valence-corrected chi connectivity index (χ0v) is 17.2. The highest BCUT2D eigenvalue weighted by Gasteiger charge is 2.33. The van der Waals surface area contributed by atoms with Crippen molar-refractivity contribution >= 4 is 11.9 Å². The van der Waals surface area contributed by atoms with Gasteiger partial charge in [-0.05, 0) is 50.2 Å². The van der Waals surface area contributed by atoms with Crippen molar-refractivity contribution in [1.82, 2.24) is 15.1 Å². The molecule has 158 valence electrons. The van der Waals surface area contributed by atoms with E-state index in [0.29, 0.717) is 28.1 Å². The lowest BCUT2D eigenvalue weighted by Crippen LogP contribution is -2.37. The van der Waals surface area contributed by atoms with Crippen LogP contribution in [0, 0.1) is 5.82 Å². The SMILES string of the molecule is CCOC(=O)C1=C(C)NC(N)=N[C@@H]1c1cn(-c2ccccc2)nc1-c1ccc(F)cc1. The minimum absolute atomic E-state index is 0.188. The number of rotatable bonds is 5. The first kappa shape index (κ1) is 20.3. The second-order valence-electron chi connectivity index (χ2n) is 7.02. The summed E-state index contributed by atoms with van der Waals surface area (Å²) in [6.45, 7) is 3.73. The smallest absolute Gasteiger partial charge is 0.338 e. The summed E-state index contributed by atoms with van der Waals surface area (Å²) in [7, 11) is 0. The third-order valence-electron chi connectivity index (χ3n) is 4.93. The Bertz CT molecular complexity index is 1170. The number of para-hydroxylation sites is 1. The summed E-state index contributed by atoms with van der Waals surface area (Å²) in [5.41, 5.74) is 9.66. The molecule has 3 N–H and O–H groups in total. The molecule has 1 atom stereocenters. The zero-order chi connectivity index (χ0) is 22.0. The number of carbonyl (C=O) groups is 1. The topological polar surface area (TPSA) is 94.5 Å². The van der Waals surface area contributed by atoms with Gasteiger partial charge in [-0.3, -0.25) is 0 Å². The molecule has 2 heterocycles. The standard InChI is InChI=1S/C23H22FN5O2/c1-3-31-22(30)19-14(2)26-23(25)27-21(19)18-13-29(17-7-5-4-6-8-17)28-20(18)15-9-11-16(24)12-10-15/h4-13,21H,3H2,1-2H3,(H3,25,26,27)/t21-/m1/s1. The minimum Gasteiger partial charge on any atom is -0.463 e. The Hall–Kier alpha value is -3.94. The summed E-state index contributed by atoms with van der Waals surface area (Å²) in [6.07, 6.45) is 1.81. The Balaban J connectivity index is 1.91. The Kier molecular flexibility index (Phi) is 5.53. The van der Waals surface area contributed by atoms with Crippen molar-refractivity contribution in [2.45, 2.75) is 19.9 Å². The van der Waals surface area contributed by atoms with Gasteiger partial charge in [0.25, 0.3) is 0 Å². The van der Waals surface area contributed by atoms with Gasteiger partial charge in [-0.1, -0.05) is 18.2 Å². The number of allylic oxidation sites excluding steroid dienone is 1. The van der Waals surface area contributed by atoms with E-state index in [1.807, 2.05) is 36.5 Å². The normalized spacial score (nSPS) is 16.0. The third kappa shape index (κ3) is 4.05. The van der Waals surface area contributed by atoms with Crippen molar-refractivity contribution in [3.8, 4) is 16.9 Å². The highest BCUT2D eigenvalue weighted by atomic mass is 19.1. The van der Waals surface area contributed by atoms with Crippen LogP contribution in [0.4, 0.5) is 4.39 Å². The van der Waals surface area contributed by atoms with Crippen LogP contribution in [0.1, 0.15) is 25.5 Å². The molecule has 3 aromatic rings. The fraction of sp³-hybridized carbons (Fsp3) is 0.174. The number of hydrogen-bond acceptors (Lipinski definition) is 6. The van der Waals surface area contributed by atoms with Gasteiger partial charge in [0.15, 0.2) is 5.96 Å². The van der Waals surface area contributed by atoms with Crippen molar-refractivity contribution in [2.24, 2.45) is 10.7 Å². The number of nitrogens with one attached hydrogen (secondary N) is 1. The summed E-state index contributed by atoms with van der Waals surface area (Å²) in [5, 5.41) is 7.64. The van der Waals surface area contributed by atoms with Crippen LogP contribution in [-0.4, -0.2) is 28.3 Å². The van der Waals surface area contributed by atoms with Crippen LogP contribution >= 0.6 is 0 Å². The van der Waals surface area contributed by atoms with Gasteiger partial charge >= 0.3 is 5.97 Å². The first-order chi connectivity index (χ1) is 15.0. The van der Waals surface area contributed by atoms with E-state index >= 15 is 0 Å². The van der Waals surface area contributed by atoms with Crippen LogP contribution in [0.25, 0.3) is 16.9 Å². The number of ether oxygens (including phenoxy) is 1. The van der Waals surface area contributed by atoms with Crippen molar-refractivity contribution < 1.29 is 13.9 Å². The summed E-state index contributed by atoms with van der Waals surface area (Å²) < 4.78 is 20.5. The minimum atomic E-state index is -0.724. The summed E-state index contributed by atoms with van der Waals surface area (Å²) in [5.74, 6) is -0.640. The predicted octanol–water partition coefficient (Wildman–Crippen LogP) is 3.47. The average Bonchev–Trinajstić information content (AvgIpc) is 3.20. The van der Waals surface area contributed by atoms with Crippen LogP contribution in [0.5, 0.6) is 0 Å². The average molecular weight is 419 g/mol. The Morgan fingerprint density at radius 3 is 2.58 bits per heavy atom. The van der Waals surface area contributed by atoms with E-state index in [2.05, 4.69) is 10.3 Å². The van der Waals surface area contributed by atoms with E-state index in [4.69, 9.17) is 15.6 Å². The van der Waals surface area contributed by atoms with Crippen LogP contribution in [0.15, 0.2) is 77.1 Å². The molecule has 0 amide bonds. The summed E-state index contributed by atoms with van der Waals surface area (Å²) in [6, 6.07) is 14.9. The highest BCUT2D eigenvalue weighted by molar-refractivity contribution is 5.95. The second kappa shape index (κ2) is 8.43. The summed E-state index contributed by atoms with van der Waals surface area (Å²) in [4.78, 5) is 17.3. The zero-order valence-electron chi connectivity index (χ0n) is 17.2. The third-order valence-corrected chi connectivity index (χ3v) is 4.93. The number of esters is 1. The number of aliphatic imine (C=N–C) groups is 1. The summed E-state index contributed by atoms with van der Waals surface area (Å²) >= 11 is 0. The lowest BCUT2D eigenvalue weighted by atomic mass is 9.94. The molecular weight excluding hydrogens is 397 g/mol. The molecule has 0 spiro atoms. The van der Waals surface area contributed by atoms with E-state index < -0.39 is 12.0 Å². The predicted molar refractivity (Wildman–Crippen MR) is 116 cm³/mol. The number of guanidine groups is 1. The monoisotopic (exact) mass is 419 g/mol. The van der Waals surface area contributed by atoms with Crippen LogP contribution in [0.3, 0.4) is 0 Å². The number of aromatic nitrogens is 2. The maximum Gasteiger partial charge on any atom is 0.338 e. The first-order valence-corrected chi connectivity index (χ1v) is 9.87. The molecule has 1 aliphatic heterocycles.